The molecule has 50 heavy (non-hydrogen) atoms. The molecule has 272 valence electrons. The molecule has 5 amide bonds. The van der Waals surface area contributed by atoms with Gasteiger partial charge in [-0.2, -0.15) is 5.10 Å². The smallest absolute Gasteiger partial charge is 0.409 e. The van der Waals surface area contributed by atoms with Gasteiger partial charge in [0, 0.05) is 44.8 Å². The van der Waals surface area contributed by atoms with Gasteiger partial charge in [0.2, 0.25) is 17.7 Å². The molecule has 3 aliphatic rings. The summed E-state index contributed by atoms with van der Waals surface area (Å²) in [7, 11) is 0. The van der Waals surface area contributed by atoms with Gasteiger partial charge in [-0.1, -0.05) is 51.8 Å². The van der Waals surface area contributed by atoms with E-state index in [0.29, 0.717) is 57.9 Å². The lowest BCUT2D eigenvalue weighted by Gasteiger charge is -2.37. The first kappa shape index (κ1) is 36.7. The van der Waals surface area contributed by atoms with Crippen molar-refractivity contribution in [3.8, 4) is 11.6 Å². The lowest BCUT2D eigenvalue weighted by Crippen LogP contribution is -2.57. The van der Waals surface area contributed by atoms with Crippen LogP contribution >= 0.6 is 0 Å². The lowest BCUT2D eigenvalue weighted by molar-refractivity contribution is -0.140. The molecule has 1 aromatic carbocycles. The minimum Gasteiger partial charge on any atom is -0.467 e. The molecule has 0 unspecified atom stereocenters. The second-order valence-electron chi connectivity index (χ2n) is 13.4. The molecular formula is C36H51N7O7. The van der Waals surface area contributed by atoms with Crippen LogP contribution in [-0.4, -0.2) is 118 Å². The second-order valence-corrected chi connectivity index (χ2v) is 13.4. The van der Waals surface area contributed by atoms with Crippen LogP contribution in [0.15, 0.2) is 36.4 Å². The maximum absolute atomic E-state index is 13.8. The number of hydrogen-bond donors (Lipinski definition) is 2. The molecule has 0 radical (unpaired) electrons. The van der Waals surface area contributed by atoms with Crippen molar-refractivity contribution in [3.05, 3.63) is 42.1 Å². The predicted octanol–water partition coefficient (Wildman–Crippen LogP) is 3.14. The summed E-state index contributed by atoms with van der Waals surface area (Å²) in [6.07, 6.45) is 6.38. The third-order valence-corrected chi connectivity index (χ3v) is 9.92. The maximum Gasteiger partial charge on any atom is 0.409 e. The van der Waals surface area contributed by atoms with E-state index in [1.165, 1.54) is 10.7 Å². The molecule has 3 fully saturated rings. The number of aromatic nitrogens is 2. The zero-order valence-corrected chi connectivity index (χ0v) is 29.5. The van der Waals surface area contributed by atoms with E-state index in [1.54, 1.807) is 26.8 Å². The van der Waals surface area contributed by atoms with Gasteiger partial charge in [-0.3, -0.25) is 19.2 Å². The van der Waals surface area contributed by atoms with Gasteiger partial charge in [0.15, 0.2) is 12.3 Å². The molecule has 0 bridgehead atoms. The summed E-state index contributed by atoms with van der Waals surface area (Å²) in [6.45, 7) is 7.76. The van der Waals surface area contributed by atoms with E-state index in [9.17, 15) is 24.0 Å². The maximum atomic E-state index is 13.8. The monoisotopic (exact) mass is 693 g/mol. The average molecular weight is 694 g/mol. The van der Waals surface area contributed by atoms with Crippen LogP contribution < -0.4 is 15.4 Å². The SMILES string of the molecule is CCCCOC(=O)N1CCN(C(=O)[C@@H](NC(=O)c2cc(OCC(=O)N3CCC[C@H]3C(=O)NC3CCC3)n(-c3ccccc3)n2)[C@@H](C)CC)CC1. The zero-order chi connectivity index (χ0) is 35.6. The second kappa shape index (κ2) is 17.3. The molecule has 2 aromatic rings. The largest absolute Gasteiger partial charge is 0.467 e. The minimum atomic E-state index is -0.818. The van der Waals surface area contributed by atoms with Crippen molar-refractivity contribution in [2.45, 2.75) is 90.3 Å². The van der Waals surface area contributed by atoms with E-state index >= 15 is 0 Å². The Morgan fingerprint density at radius 2 is 1.66 bits per heavy atom. The Labute approximate surface area is 293 Å². The zero-order valence-electron chi connectivity index (χ0n) is 29.5. The fraction of sp³-hybridized carbons (Fsp3) is 0.611. The van der Waals surface area contributed by atoms with Crippen molar-refractivity contribution in [1.82, 2.24) is 35.1 Å². The number of amides is 5. The molecule has 3 atom stereocenters. The lowest BCUT2D eigenvalue weighted by atomic mass is 9.93. The summed E-state index contributed by atoms with van der Waals surface area (Å²) in [5, 5.41) is 10.5. The van der Waals surface area contributed by atoms with Gasteiger partial charge in [0.1, 0.15) is 12.1 Å². The first-order chi connectivity index (χ1) is 24.2. The van der Waals surface area contributed by atoms with Crippen LogP contribution in [0.2, 0.25) is 0 Å². The number of likely N-dealkylation sites (tertiary alicyclic amines) is 1. The van der Waals surface area contributed by atoms with Crippen molar-refractivity contribution in [1.29, 1.82) is 0 Å². The quantitative estimate of drug-likeness (QED) is 0.286. The number of unbranched alkanes of at least 4 members (excludes halogenated alkanes) is 1. The van der Waals surface area contributed by atoms with Gasteiger partial charge in [-0.25, -0.2) is 9.48 Å². The average Bonchev–Trinajstić information content (AvgIpc) is 3.79. The summed E-state index contributed by atoms with van der Waals surface area (Å²) in [6, 6.07) is 9.41. The van der Waals surface area contributed by atoms with Crippen molar-refractivity contribution < 1.29 is 33.4 Å². The summed E-state index contributed by atoms with van der Waals surface area (Å²) in [5.74, 6) is -1.22. The summed E-state index contributed by atoms with van der Waals surface area (Å²) >= 11 is 0. The minimum absolute atomic E-state index is 0.0241. The fourth-order valence-corrected chi connectivity index (χ4v) is 6.34. The molecule has 14 nitrogen and oxygen atoms in total. The summed E-state index contributed by atoms with van der Waals surface area (Å²) < 4.78 is 12.8. The van der Waals surface area contributed by atoms with E-state index in [0.717, 1.165) is 38.5 Å². The molecule has 5 rings (SSSR count). The number of benzene rings is 1. The highest BCUT2D eigenvalue weighted by Crippen LogP contribution is 2.24. The topological polar surface area (TPSA) is 155 Å². The van der Waals surface area contributed by atoms with Gasteiger partial charge in [0.25, 0.3) is 11.8 Å². The molecule has 3 heterocycles. The molecule has 1 aromatic heterocycles. The Hall–Kier alpha value is -4.62. The van der Waals surface area contributed by atoms with Crippen LogP contribution in [0.1, 0.15) is 82.6 Å². The third kappa shape index (κ3) is 8.94. The standard InChI is InChI=1S/C36H51N7O7/c1-4-6-22-49-36(48)41-20-18-40(19-21-41)35(47)32(25(3)5-2)38-33(45)28-23-31(43(39-28)27-14-8-7-9-15-27)50-24-30(44)42-17-11-16-29(42)34(46)37-26-12-10-13-26/h7-9,14-15,23,25-26,29,32H,4-6,10-13,16-22,24H2,1-3H3,(H,37,46)(H,38,45)/t25-,29-,32-/m0/s1. The van der Waals surface area contributed by atoms with Crippen molar-refractivity contribution >= 4 is 29.7 Å². The first-order valence-corrected chi connectivity index (χ1v) is 18.1. The van der Waals surface area contributed by atoms with Crippen LogP contribution in [0, 0.1) is 5.92 Å². The van der Waals surface area contributed by atoms with Crippen LogP contribution in [0.5, 0.6) is 5.88 Å². The number of ether oxygens (including phenoxy) is 2. The highest BCUT2D eigenvalue weighted by molar-refractivity contribution is 5.96. The Morgan fingerprint density at radius 3 is 2.32 bits per heavy atom. The Bertz CT molecular complexity index is 1490. The van der Waals surface area contributed by atoms with Crippen LogP contribution in [0.3, 0.4) is 0 Å². The number of para-hydroxylation sites is 1. The molecule has 1 aliphatic carbocycles. The number of nitrogens with one attached hydrogen (secondary N) is 2. The number of hydrogen-bond acceptors (Lipinski definition) is 8. The molecule has 14 heteroatoms. The molecule has 2 saturated heterocycles. The summed E-state index contributed by atoms with van der Waals surface area (Å²) in [4.78, 5) is 70.9. The number of nitrogens with zero attached hydrogens (tertiary/aromatic N) is 5. The molecule has 0 spiro atoms. The van der Waals surface area contributed by atoms with Crippen molar-refractivity contribution in [3.63, 3.8) is 0 Å². The van der Waals surface area contributed by atoms with Gasteiger partial charge < -0.3 is 34.8 Å². The third-order valence-electron chi connectivity index (χ3n) is 9.92. The number of piperazine rings is 1. The summed E-state index contributed by atoms with van der Waals surface area (Å²) in [5.41, 5.74) is 0.643. The molecule has 2 N–H and O–H groups in total. The van der Waals surface area contributed by atoms with Gasteiger partial charge in [-0.05, 0) is 56.6 Å². The van der Waals surface area contributed by atoms with Crippen LogP contribution in [-0.2, 0) is 19.1 Å². The van der Waals surface area contributed by atoms with Gasteiger partial charge in [0.05, 0.1) is 12.3 Å². The van der Waals surface area contributed by atoms with E-state index in [1.807, 2.05) is 39.0 Å². The normalized spacial score (nSPS) is 18.9. The van der Waals surface area contributed by atoms with Crippen molar-refractivity contribution in [2.24, 2.45) is 5.92 Å². The Balaban J connectivity index is 1.25. The molecule has 1 saturated carbocycles. The highest BCUT2D eigenvalue weighted by Gasteiger charge is 2.37. The number of rotatable bonds is 14. The van der Waals surface area contributed by atoms with Crippen LogP contribution in [0.4, 0.5) is 4.79 Å². The number of carbonyl (C=O) groups is 5. The fourth-order valence-electron chi connectivity index (χ4n) is 6.34. The van der Waals surface area contributed by atoms with Gasteiger partial charge >= 0.3 is 6.09 Å². The van der Waals surface area contributed by atoms with E-state index < -0.39 is 18.0 Å². The molecular weight excluding hydrogens is 642 g/mol. The van der Waals surface area contributed by atoms with Crippen molar-refractivity contribution in [2.75, 3.05) is 45.9 Å². The van der Waals surface area contributed by atoms with E-state index in [2.05, 4.69) is 15.7 Å². The van der Waals surface area contributed by atoms with E-state index in [-0.39, 0.29) is 54.0 Å². The van der Waals surface area contributed by atoms with Gasteiger partial charge in [-0.15, -0.1) is 0 Å². The highest BCUT2D eigenvalue weighted by atomic mass is 16.6. The number of carbonyl (C=O) groups excluding carboxylic acids is 5. The molecule has 2 aliphatic heterocycles. The Morgan fingerprint density at radius 1 is 0.940 bits per heavy atom. The predicted molar refractivity (Wildman–Crippen MR) is 185 cm³/mol. The van der Waals surface area contributed by atoms with Crippen LogP contribution in [0.25, 0.3) is 5.69 Å². The Kier molecular flexibility index (Phi) is 12.7. The van der Waals surface area contributed by atoms with E-state index in [4.69, 9.17) is 9.47 Å². The first-order valence-electron chi connectivity index (χ1n) is 18.1.